The number of hydrogen-bond donors (Lipinski definition) is 1. The van der Waals surface area contributed by atoms with E-state index in [1.807, 2.05) is 0 Å². The lowest BCUT2D eigenvalue weighted by Crippen LogP contribution is -2.55. The van der Waals surface area contributed by atoms with Crippen LogP contribution in [0.2, 0.25) is 0 Å². The Balaban J connectivity index is 2.16. The van der Waals surface area contributed by atoms with Crippen LogP contribution in [-0.4, -0.2) is 35.2 Å². The highest BCUT2D eigenvalue weighted by Gasteiger charge is 2.42. The van der Waals surface area contributed by atoms with Gasteiger partial charge in [0.05, 0.1) is 6.61 Å². The molecular weight excluding hydrogens is 186 g/mol. The van der Waals surface area contributed by atoms with Crippen molar-refractivity contribution in [1.82, 2.24) is 4.90 Å². The first-order valence-corrected chi connectivity index (χ1v) is 6.30. The Morgan fingerprint density at radius 1 is 1.47 bits per heavy atom. The minimum absolute atomic E-state index is 0.290. The van der Waals surface area contributed by atoms with Gasteiger partial charge in [-0.3, -0.25) is 4.90 Å². The minimum Gasteiger partial charge on any atom is -0.395 e. The number of aliphatic hydroxyl groups is 1. The molecule has 1 N–H and O–H groups in total. The molecule has 2 bridgehead atoms. The summed E-state index contributed by atoms with van der Waals surface area (Å²) < 4.78 is 0. The molecule has 1 saturated carbocycles. The van der Waals surface area contributed by atoms with Crippen LogP contribution in [0.5, 0.6) is 0 Å². The van der Waals surface area contributed by atoms with E-state index in [-0.39, 0.29) is 0 Å². The molecule has 15 heavy (non-hydrogen) atoms. The quantitative estimate of drug-likeness (QED) is 0.720. The zero-order valence-corrected chi connectivity index (χ0v) is 9.78. The third-order valence-corrected chi connectivity index (χ3v) is 4.15. The van der Waals surface area contributed by atoms with E-state index in [0.29, 0.717) is 12.1 Å². The van der Waals surface area contributed by atoms with Gasteiger partial charge < -0.3 is 5.11 Å². The van der Waals surface area contributed by atoms with E-state index in [0.717, 1.165) is 12.5 Å². The zero-order chi connectivity index (χ0) is 10.7. The summed E-state index contributed by atoms with van der Waals surface area (Å²) in [6.45, 7) is 4.43. The Labute approximate surface area is 93.0 Å². The summed E-state index contributed by atoms with van der Waals surface area (Å²) in [6, 6.07) is 0. The van der Waals surface area contributed by atoms with E-state index in [4.69, 9.17) is 5.11 Å². The summed E-state index contributed by atoms with van der Waals surface area (Å²) in [5.41, 5.74) is 0.290. The van der Waals surface area contributed by atoms with Crippen LogP contribution in [0.3, 0.4) is 0 Å². The molecule has 0 aromatic rings. The van der Waals surface area contributed by atoms with Crippen LogP contribution in [0.25, 0.3) is 0 Å². The van der Waals surface area contributed by atoms with E-state index in [1.165, 1.54) is 38.6 Å². The van der Waals surface area contributed by atoms with Crippen LogP contribution in [0, 0.1) is 5.92 Å². The second-order valence-corrected chi connectivity index (χ2v) is 5.07. The average molecular weight is 209 g/mol. The normalized spacial score (nSPS) is 37.3. The molecule has 1 aliphatic heterocycles. The van der Waals surface area contributed by atoms with Crippen molar-refractivity contribution in [1.29, 1.82) is 0 Å². The Hall–Kier alpha value is -0.340. The largest absolute Gasteiger partial charge is 0.395 e. The fourth-order valence-corrected chi connectivity index (χ4v) is 3.52. The number of likely N-dealkylation sites (tertiary alicyclic amines) is 1. The van der Waals surface area contributed by atoms with Crippen molar-refractivity contribution in [3.8, 4) is 0 Å². The Morgan fingerprint density at radius 3 is 3.07 bits per heavy atom. The van der Waals surface area contributed by atoms with Crippen molar-refractivity contribution in [3.05, 3.63) is 12.2 Å². The molecule has 2 atom stereocenters. The Bertz CT molecular complexity index is 239. The first-order valence-electron chi connectivity index (χ1n) is 6.30. The topological polar surface area (TPSA) is 23.5 Å². The SMILES string of the molecule is C/C=C/[C@@]12CCC[C@@H](CCN1CCO)C2. The summed E-state index contributed by atoms with van der Waals surface area (Å²) in [6.07, 6.45) is 11.3. The lowest BCUT2D eigenvalue weighted by molar-refractivity contribution is 0.00863. The summed E-state index contributed by atoms with van der Waals surface area (Å²) in [5, 5.41) is 9.13. The van der Waals surface area contributed by atoms with Gasteiger partial charge in [0, 0.05) is 12.1 Å². The molecule has 0 spiro atoms. The highest BCUT2D eigenvalue weighted by atomic mass is 16.3. The fourth-order valence-electron chi connectivity index (χ4n) is 3.52. The molecule has 86 valence electrons. The lowest BCUT2D eigenvalue weighted by atomic mass is 9.70. The average Bonchev–Trinajstić information content (AvgIpc) is 2.24. The van der Waals surface area contributed by atoms with E-state index in [1.54, 1.807) is 0 Å². The van der Waals surface area contributed by atoms with Gasteiger partial charge in [-0.25, -0.2) is 0 Å². The molecule has 2 fully saturated rings. The maximum absolute atomic E-state index is 9.13. The van der Waals surface area contributed by atoms with E-state index in [9.17, 15) is 0 Å². The predicted octanol–water partition coefficient (Wildman–Crippen LogP) is 2.19. The van der Waals surface area contributed by atoms with Gasteiger partial charge in [0.25, 0.3) is 0 Å². The van der Waals surface area contributed by atoms with Gasteiger partial charge in [-0.2, -0.15) is 0 Å². The number of β-amino-alcohol motifs (C(OH)–C–C–N with tert-alkyl or cyclic N) is 1. The van der Waals surface area contributed by atoms with Gasteiger partial charge in [-0.05, 0) is 38.6 Å². The van der Waals surface area contributed by atoms with Gasteiger partial charge in [0.15, 0.2) is 0 Å². The molecule has 0 aromatic heterocycles. The van der Waals surface area contributed by atoms with Gasteiger partial charge in [-0.1, -0.05) is 25.0 Å². The van der Waals surface area contributed by atoms with E-state index >= 15 is 0 Å². The molecule has 1 aliphatic carbocycles. The molecular formula is C13H23NO. The van der Waals surface area contributed by atoms with E-state index < -0.39 is 0 Å². The van der Waals surface area contributed by atoms with Crippen LogP contribution >= 0.6 is 0 Å². The number of fused-ring (bicyclic) bond motifs is 2. The van der Waals surface area contributed by atoms with Crippen LogP contribution in [0.4, 0.5) is 0 Å². The highest BCUT2D eigenvalue weighted by Crippen LogP contribution is 2.43. The molecule has 2 nitrogen and oxygen atoms in total. The number of piperidine rings is 1. The number of allylic oxidation sites excluding steroid dienone is 1. The number of nitrogens with zero attached hydrogens (tertiary/aromatic N) is 1. The lowest BCUT2D eigenvalue weighted by Gasteiger charge is -2.51. The highest BCUT2D eigenvalue weighted by molar-refractivity contribution is 5.11. The Kier molecular flexibility index (Phi) is 3.47. The molecule has 0 amide bonds. The molecule has 0 unspecified atom stereocenters. The standard InChI is InChI=1S/C13H23NO/c1-2-6-13-7-3-4-12(11-13)5-8-14(13)9-10-15/h2,6,12,15H,3-5,7-11H2,1H3/b6-2+/t12-,13-/m0/s1. The third kappa shape index (κ3) is 2.11. The molecule has 2 aliphatic rings. The first kappa shape index (κ1) is 11.2. The second-order valence-electron chi connectivity index (χ2n) is 5.07. The molecule has 1 heterocycles. The second kappa shape index (κ2) is 4.67. The molecule has 2 rings (SSSR count). The first-order chi connectivity index (χ1) is 7.30. The molecule has 1 saturated heterocycles. The van der Waals surface area contributed by atoms with Crippen molar-refractivity contribution in [2.24, 2.45) is 5.92 Å². The summed E-state index contributed by atoms with van der Waals surface area (Å²) >= 11 is 0. The van der Waals surface area contributed by atoms with Crippen molar-refractivity contribution < 1.29 is 5.11 Å². The molecule has 0 radical (unpaired) electrons. The van der Waals surface area contributed by atoms with Gasteiger partial charge in [-0.15, -0.1) is 0 Å². The monoisotopic (exact) mass is 209 g/mol. The predicted molar refractivity (Wildman–Crippen MR) is 62.8 cm³/mol. The smallest absolute Gasteiger partial charge is 0.0558 e. The van der Waals surface area contributed by atoms with Crippen LogP contribution < -0.4 is 0 Å². The van der Waals surface area contributed by atoms with Gasteiger partial charge in [0.2, 0.25) is 0 Å². The fraction of sp³-hybridized carbons (Fsp3) is 0.846. The van der Waals surface area contributed by atoms with Gasteiger partial charge in [0.1, 0.15) is 0 Å². The third-order valence-electron chi connectivity index (χ3n) is 4.15. The summed E-state index contributed by atoms with van der Waals surface area (Å²) in [5.74, 6) is 0.935. The van der Waals surface area contributed by atoms with Crippen LogP contribution in [0.1, 0.15) is 39.0 Å². The molecule has 0 aromatic carbocycles. The van der Waals surface area contributed by atoms with Crippen molar-refractivity contribution >= 4 is 0 Å². The van der Waals surface area contributed by atoms with E-state index in [2.05, 4.69) is 24.0 Å². The van der Waals surface area contributed by atoms with Crippen LogP contribution in [-0.2, 0) is 0 Å². The van der Waals surface area contributed by atoms with Crippen molar-refractivity contribution in [3.63, 3.8) is 0 Å². The zero-order valence-electron chi connectivity index (χ0n) is 9.78. The van der Waals surface area contributed by atoms with Crippen LogP contribution in [0.15, 0.2) is 12.2 Å². The summed E-state index contributed by atoms with van der Waals surface area (Å²) in [4.78, 5) is 2.50. The summed E-state index contributed by atoms with van der Waals surface area (Å²) in [7, 11) is 0. The van der Waals surface area contributed by atoms with Gasteiger partial charge >= 0.3 is 0 Å². The minimum atomic E-state index is 0.290. The Morgan fingerprint density at radius 2 is 2.33 bits per heavy atom. The van der Waals surface area contributed by atoms with Crippen molar-refractivity contribution in [2.45, 2.75) is 44.6 Å². The number of aliphatic hydroxyl groups excluding tert-OH is 1. The number of rotatable bonds is 3. The van der Waals surface area contributed by atoms with Crippen molar-refractivity contribution in [2.75, 3.05) is 19.7 Å². The molecule has 2 heteroatoms. The maximum Gasteiger partial charge on any atom is 0.0558 e. The number of hydrogen-bond acceptors (Lipinski definition) is 2. The maximum atomic E-state index is 9.13.